The van der Waals surface area contributed by atoms with Gasteiger partial charge in [0.25, 0.3) is 0 Å². The number of anilines is 1. The van der Waals surface area contributed by atoms with E-state index in [0.717, 1.165) is 25.2 Å². The maximum Gasteiger partial charge on any atom is 0.246 e. The molecule has 0 aliphatic carbocycles. The molecule has 5 heteroatoms. The van der Waals surface area contributed by atoms with Crippen LogP contribution in [0.3, 0.4) is 0 Å². The number of amides is 1. The number of piperidine rings is 1. The van der Waals surface area contributed by atoms with Gasteiger partial charge in [0, 0.05) is 18.8 Å². The average molecular weight is 432 g/mol. The number of carbonyl (C=O) groups is 1. The Morgan fingerprint density at radius 1 is 0.844 bits per heavy atom. The summed E-state index contributed by atoms with van der Waals surface area (Å²) in [7, 11) is 0. The van der Waals surface area contributed by atoms with Crippen molar-refractivity contribution in [2.24, 2.45) is 0 Å². The highest BCUT2D eigenvalue weighted by atomic mass is 19.1. The van der Waals surface area contributed by atoms with Gasteiger partial charge in [-0.15, -0.1) is 0 Å². The molecular formula is C27H30FN3O. The zero-order valence-corrected chi connectivity index (χ0v) is 18.3. The van der Waals surface area contributed by atoms with Crippen molar-refractivity contribution >= 4 is 11.6 Å². The lowest BCUT2D eigenvalue weighted by molar-refractivity contribution is -0.118. The molecule has 0 spiro atoms. The van der Waals surface area contributed by atoms with E-state index >= 15 is 0 Å². The first-order chi connectivity index (χ1) is 15.7. The molecular weight excluding hydrogens is 401 g/mol. The Kier molecular flexibility index (Phi) is 7.64. The monoisotopic (exact) mass is 431 g/mol. The molecule has 3 aromatic rings. The minimum Gasteiger partial charge on any atom is -0.324 e. The second-order valence-corrected chi connectivity index (χ2v) is 8.33. The largest absolute Gasteiger partial charge is 0.324 e. The lowest BCUT2D eigenvalue weighted by Crippen LogP contribution is -2.33. The summed E-state index contributed by atoms with van der Waals surface area (Å²) in [6.07, 6.45) is 3.85. The van der Waals surface area contributed by atoms with Crippen LogP contribution in [-0.4, -0.2) is 23.9 Å². The fraction of sp³-hybridized carbons (Fsp3) is 0.296. The summed E-state index contributed by atoms with van der Waals surface area (Å²) >= 11 is 0. The molecule has 32 heavy (non-hydrogen) atoms. The topological polar surface area (TPSA) is 44.4 Å². The van der Waals surface area contributed by atoms with Crippen LogP contribution >= 0.6 is 0 Å². The number of benzene rings is 3. The molecule has 2 N–H and O–H groups in total. The van der Waals surface area contributed by atoms with Crippen molar-refractivity contribution in [3.8, 4) is 0 Å². The number of likely N-dealkylation sites (tertiary alicyclic amines) is 1. The molecule has 0 aromatic heterocycles. The number of carbonyl (C=O) groups excluding carboxylic acids is 1. The van der Waals surface area contributed by atoms with Gasteiger partial charge in [-0.1, -0.05) is 61.0 Å². The van der Waals surface area contributed by atoms with Crippen molar-refractivity contribution in [3.05, 3.63) is 101 Å². The Hall–Kier alpha value is -3.02. The quantitative estimate of drug-likeness (QED) is 0.510. The smallest absolute Gasteiger partial charge is 0.246 e. The van der Waals surface area contributed by atoms with Gasteiger partial charge in [0.15, 0.2) is 0 Å². The number of nitrogens with one attached hydrogen (secondary N) is 2. The Morgan fingerprint density at radius 3 is 2.22 bits per heavy atom. The van der Waals surface area contributed by atoms with Crippen LogP contribution in [0, 0.1) is 5.82 Å². The Bertz CT molecular complexity index is 1000. The van der Waals surface area contributed by atoms with Crippen molar-refractivity contribution in [2.75, 3.05) is 18.4 Å². The minimum absolute atomic E-state index is 0.170. The Morgan fingerprint density at radius 2 is 1.50 bits per heavy atom. The summed E-state index contributed by atoms with van der Waals surface area (Å²) in [6, 6.07) is 23.4. The fourth-order valence-corrected chi connectivity index (χ4v) is 4.21. The number of rotatable bonds is 8. The Balaban J connectivity index is 1.48. The van der Waals surface area contributed by atoms with Crippen LogP contribution in [0.1, 0.15) is 42.0 Å². The molecule has 4 rings (SSSR count). The molecule has 0 unspecified atom stereocenters. The predicted octanol–water partition coefficient (Wildman–Crippen LogP) is 5.28. The second kappa shape index (κ2) is 11.0. The van der Waals surface area contributed by atoms with Crippen molar-refractivity contribution in [1.29, 1.82) is 0 Å². The lowest BCUT2D eigenvalue weighted by atomic mass is 10.0. The zero-order chi connectivity index (χ0) is 22.2. The summed E-state index contributed by atoms with van der Waals surface area (Å²) in [5, 5.41) is 6.36. The highest BCUT2D eigenvalue weighted by Gasteiger charge is 2.21. The van der Waals surface area contributed by atoms with Crippen LogP contribution in [-0.2, 0) is 17.9 Å². The molecule has 1 saturated heterocycles. The van der Waals surface area contributed by atoms with Crippen molar-refractivity contribution in [3.63, 3.8) is 0 Å². The van der Waals surface area contributed by atoms with E-state index in [9.17, 15) is 9.18 Å². The number of hydrogen-bond acceptors (Lipinski definition) is 3. The zero-order valence-electron chi connectivity index (χ0n) is 18.3. The van der Waals surface area contributed by atoms with E-state index in [1.54, 1.807) is 12.1 Å². The van der Waals surface area contributed by atoms with Gasteiger partial charge in [0.2, 0.25) is 5.91 Å². The standard InChI is InChI=1S/C27H30FN3O/c28-24-13-15-25(16-14-24)30-27(32)26(21-9-3-1-4-10-21)29-19-22-11-5-6-12-23(22)20-31-17-7-2-8-18-31/h1,3-6,9-16,26,29H,2,7-8,17-20H2,(H,30,32)/t26-/m1/s1. The molecule has 1 heterocycles. The maximum absolute atomic E-state index is 13.2. The third-order valence-corrected chi connectivity index (χ3v) is 5.96. The van der Waals surface area contributed by atoms with Gasteiger partial charge >= 0.3 is 0 Å². The SMILES string of the molecule is O=C(Nc1ccc(F)cc1)[C@H](NCc1ccccc1CN1CCCCC1)c1ccccc1. The van der Waals surface area contributed by atoms with E-state index in [0.29, 0.717) is 12.2 Å². The summed E-state index contributed by atoms with van der Waals surface area (Å²) in [5.41, 5.74) is 3.96. The predicted molar refractivity (Wildman–Crippen MR) is 127 cm³/mol. The van der Waals surface area contributed by atoms with Crippen LogP contribution in [0.4, 0.5) is 10.1 Å². The van der Waals surface area contributed by atoms with Crippen LogP contribution in [0.5, 0.6) is 0 Å². The summed E-state index contributed by atoms with van der Waals surface area (Å²) in [5.74, 6) is -0.498. The molecule has 1 amide bonds. The molecule has 1 atom stereocenters. The highest BCUT2D eigenvalue weighted by Crippen LogP contribution is 2.20. The van der Waals surface area contributed by atoms with Gasteiger partial charge in [0.05, 0.1) is 0 Å². The molecule has 1 aliphatic rings. The van der Waals surface area contributed by atoms with Crippen LogP contribution < -0.4 is 10.6 Å². The van der Waals surface area contributed by atoms with Crippen molar-refractivity contribution < 1.29 is 9.18 Å². The van der Waals surface area contributed by atoms with Crippen LogP contribution in [0.25, 0.3) is 0 Å². The third kappa shape index (κ3) is 6.02. The van der Waals surface area contributed by atoms with E-state index in [1.807, 2.05) is 36.4 Å². The van der Waals surface area contributed by atoms with Gasteiger partial charge in [0.1, 0.15) is 11.9 Å². The Labute approximate surface area is 189 Å². The molecule has 4 nitrogen and oxygen atoms in total. The van der Waals surface area contributed by atoms with Crippen LogP contribution in [0.15, 0.2) is 78.9 Å². The summed E-state index contributed by atoms with van der Waals surface area (Å²) in [4.78, 5) is 15.7. The number of hydrogen-bond donors (Lipinski definition) is 2. The van der Waals surface area contributed by atoms with Gasteiger partial charge < -0.3 is 5.32 Å². The third-order valence-electron chi connectivity index (χ3n) is 5.96. The molecule has 166 valence electrons. The van der Waals surface area contributed by atoms with Gasteiger partial charge in [-0.3, -0.25) is 15.0 Å². The van der Waals surface area contributed by atoms with Crippen molar-refractivity contribution in [2.45, 2.75) is 38.4 Å². The average Bonchev–Trinajstić information content (AvgIpc) is 2.83. The summed E-state index contributed by atoms with van der Waals surface area (Å²) in [6.45, 7) is 3.82. The molecule has 0 saturated carbocycles. The minimum atomic E-state index is -0.524. The fourth-order valence-electron chi connectivity index (χ4n) is 4.21. The molecule has 1 aliphatic heterocycles. The molecule has 3 aromatic carbocycles. The highest BCUT2D eigenvalue weighted by molar-refractivity contribution is 5.95. The second-order valence-electron chi connectivity index (χ2n) is 8.33. The van der Waals surface area contributed by atoms with E-state index in [1.165, 1.54) is 42.5 Å². The van der Waals surface area contributed by atoms with E-state index in [2.05, 4.69) is 33.7 Å². The van der Waals surface area contributed by atoms with E-state index < -0.39 is 6.04 Å². The maximum atomic E-state index is 13.2. The van der Waals surface area contributed by atoms with Crippen molar-refractivity contribution in [1.82, 2.24) is 10.2 Å². The van der Waals surface area contributed by atoms with E-state index in [4.69, 9.17) is 0 Å². The summed E-state index contributed by atoms with van der Waals surface area (Å²) < 4.78 is 13.2. The molecule has 1 fully saturated rings. The van der Waals surface area contributed by atoms with Gasteiger partial charge in [-0.25, -0.2) is 4.39 Å². The first-order valence-corrected chi connectivity index (χ1v) is 11.3. The normalized spacial score (nSPS) is 15.3. The van der Waals surface area contributed by atoms with Gasteiger partial charge in [-0.2, -0.15) is 0 Å². The molecule has 0 bridgehead atoms. The number of halogens is 1. The van der Waals surface area contributed by atoms with E-state index in [-0.39, 0.29) is 11.7 Å². The molecule has 0 radical (unpaired) electrons. The first kappa shape index (κ1) is 22.2. The first-order valence-electron chi connectivity index (χ1n) is 11.3. The van der Waals surface area contributed by atoms with Crippen LogP contribution in [0.2, 0.25) is 0 Å². The number of nitrogens with zero attached hydrogens (tertiary/aromatic N) is 1. The lowest BCUT2D eigenvalue weighted by Gasteiger charge is -2.27. The van der Waals surface area contributed by atoms with Gasteiger partial charge in [-0.05, 0) is 66.9 Å².